The highest BCUT2D eigenvalue weighted by molar-refractivity contribution is 8.14. The van der Waals surface area contributed by atoms with E-state index in [9.17, 15) is 13.2 Å². The summed E-state index contributed by atoms with van der Waals surface area (Å²) in [5, 5.41) is 3.04. The molecule has 1 saturated heterocycles. The number of hydrogen-bond acceptors (Lipinski definition) is 4. The Kier molecular flexibility index (Phi) is 3.70. The second kappa shape index (κ2) is 4.39. The zero-order chi connectivity index (χ0) is 9.90. The molecule has 0 bridgehead atoms. The summed E-state index contributed by atoms with van der Waals surface area (Å²) in [7, 11) is 1.30. The average molecular weight is 226 g/mol. The van der Waals surface area contributed by atoms with Crippen LogP contribution in [0.3, 0.4) is 0 Å². The van der Waals surface area contributed by atoms with E-state index >= 15 is 0 Å². The van der Waals surface area contributed by atoms with Crippen molar-refractivity contribution in [2.75, 3.05) is 18.8 Å². The zero-order valence-electron chi connectivity index (χ0n) is 7.12. The zero-order valence-corrected chi connectivity index (χ0v) is 8.70. The monoisotopic (exact) mass is 225 g/mol. The van der Waals surface area contributed by atoms with Crippen molar-refractivity contribution in [2.45, 2.75) is 12.8 Å². The summed E-state index contributed by atoms with van der Waals surface area (Å²) >= 11 is 0. The molecule has 1 rings (SSSR count). The van der Waals surface area contributed by atoms with Gasteiger partial charge in [-0.15, -0.1) is 0 Å². The molecular formula is C7H12ClNO3S. The Morgan fingerprint density at radius 2 is 2.23 bits per heavy atom. The summed E-state index contributed by atoms with van der Waals surface area (Å²) in [5.74, 6) is -0.995. The molecule has 0 aliphatic carbocycles. The van der Waals surface area contributed by atoms with Crippen molar-refractivity contribution >= 4 is 25.5 Å². The van der Waals surface area contributed by atoms with Gasteiger partial charge in [-0.2, -0.15) is 0 Å². The number of rotatable bonds is 3. The molecule has 0 saturated carbocycles. The number of Topliss-reactive ketones (excluding diaryl/α,β-unsaturated/α-hetero) is 1. The summed E-state index contributed by atoms with van der Waals surface area (Å²) in [6, 6.07) is 0. The van der Waals surface area contributed by atoms with Crippen molar-refractivity contribution in [3.05, 3.63) is 0 Å². The highest BCUT2D eigenvalue weighted by Gasteiger charge is 2.24. The fourth-order valence-corrected chi connectivity index (χ4v) is 2.31. The molecular weight excluding hydrogens is 214 g/mol. The number of hydrogen-bond donors (Lipinski definition) is 1. The minimum absolute atomic E-state index is 0.178. The molecule has 6 heteroatoms. The van der Waals surface area contributed by atoms with Gasteiger partial charge in [0.15, 0.2) is 5.78 Å². The van der Waals surface area contributed by atoms with E-state index in [-0.39, 0.29) is 11.7 Å². The van der Waals surface area contributed by atoms with E-state index in [0.29, 0.717) is 6.54 Å². The van der Waals surface area contributed by atoms with Crippen molar-refractivity contribution in [1.29, 1.82) is 0 Å². The number of carbonyl (C=O) groups is 1. The Bertz CT molecular complexity index is 282. The Morgan fingerprint density at radius 3 is 2.69 bits per heavy atom. The Hall–Kier alpha value is -0.130. The Labute approximate surface area is 82.1 Å². The normalized spacial score (nSPS) is 24.2. The van der Waals surface area contributed by atoms with Crippen molar-refractivity contribution in [1.82, 2.24) is 5.32 Å². The van der Waals surface area contributed by atoms with Crippen molar-refractivity contribution in [3.63, 3.8) is 0 Å². The van der Waals surface area contributed by atoms with E-state index in [1.54, 1.807) is 0 Å². The van der Waals surface area contributed by atoms with Crippen LogP contribution in [0.5, 0.6) is 0 Å². The second-order valence-electron chi connectivity index (χ2n) is 3.19. The number of halogens is 1. The summed E-state index contributed by atoms with van der Waals surface area (Å²) < 4.78 is 21.2. The molecule has 0 aromatic rings. The van der Waals surface area contributed by atoms with Crippen LogP contribution in [0.1, 0.15) is 12.8 Å². The SMILES string of the molecule is O=C(CS(=O)(=O)Cl)C1CCCNC1. The highest BCUT2D eigenvalue weighted by Crippen LogP contribution is 2.12. The molecule has 0 radical (unpaired) electrons. The lowest BCUT2D eigenvalue weighted by Gasteiger charge is -2.20. The smallest absolute Gasteiger partial charge is 0.239 e. The lowest BCUT2D eigenvalue weighted by atomic mass is 9.96. The average Bonchev–Trinajstić information content (AvgIpc) is 2.03. The molecule has 4 nitrogen and oxygen atoms in total. The van der Waals surface area contributed by atoms with Gasteiger partial charge in [-0.3, -0.25) is 4.79 Å². The molecule has 1 fully saturated rings. The Balaban J connectivity index is 2.47. The molecule has 1 heterocycles. The minimum atomic E-state index is -3.68. The van der Waals surface area contributed by atoms with Crippen LogP contribution in [0.25, 0.3) is 0 Å². The van der Waals surface area contributed by atoms with E-state index in [4.69, 9.17) is 10.7 Å². The lowest BCUT2D eigenvalue weighted by Crippen LogP contribution is -2.36. The molecule has 0 aromatic heterocycles. The molecule has 13 heavy (non-hydrogen) atoms. The van der Waals surface area contributed by atoms with Crippen LogP contribution in [-0.2, 0) is 13.8 Å². The predicted molar refractivity (Wildman–Crippen MR) is 50.2 cm³/mol. The maximum Gasteiger partial charge on any atom is 0.239 e. The first-order chi connectivity index (χ1) is 5.99. The molecule has 0 aromatic carbocycles. The molecule has 1 N–H and O–H groups in total. The Morgan fingerprint density at radius 1 is 1.54 bits per heavy atom. The first kappa shape index (κ1) is 10.9. The van der Waals surface area contributed by atoms with E-state index in [2.05, 4.69) is 5.32 Å². The third-order valence-corrected chi connectivity index (χ3v) is 3.02. The molecule has 0 amide bonds. The van der Waals surface area contributed by atoms with Gasteiger partial charge in [-0.1, -0.05) is 0 Å². The highest BCUT2D eigenvalue weighted by atomic mass is 35.7. The third-order valence-electron chi connectivity index (χ3n) is 2.07. The van der Waals surface area contributed by atoms with Gasteiger partial charge in [0.2, 0.25) is 9.05 Å². The van der Waals surface area contributed by atoms with E-state index in [0.717, 1.165) is 19.4 Å². The van der Waals surface area contributed by atoms with Gasteiger partial charge in [0.1, 0.15) is 5.75 Å². The quantitative estimate of drug-likeness (QED) is 0.694. The van der Waals surface area contributed by atoms with Gasteiger partial charge in [0.05, 0.1) is 0 Å². The third kappa shape index (κ3) is 4.06. The van der Waals surface area contributed by atoms with Crippen LogP contribution in [0.4, 0.5) is 0 Å². The maximum atomic E-state index is 11.3. The van der Waals surface area contributed by atoms with E-state index < -0.39 is 14.8 Å². The molecule has 76 valence electrons. The van der Waals surface area contributed by atoms with E-state index in [1.807, 2.05) is 0 Å². The molecule has 0 spiro atoms. The van der Waals surface area contributed by atoms with Crippen molar-refractivity contribution < 1.29 is 13.2 Å². The van der Waals surface area contributed by atoms with E-state index in [1.165, 1.54) is 0 Å². The second-order valence-corrected chi connectivity index (χ2v) is 5.97. The topological polar surface area (TPSA) is 63.2 Å². The van der Waals surface area contributed by atoms with Crippen LogP contribution in [0.15, 0.2) is 0 Å². The lowest BCUT2D eigenvalue weighted by molar-refractivity contribution is -0.120. The molecule has 1 atom stereocenters. The molecule has 1 aliphatic rings. The fraction of sp³-hybridized carbons (Fsp3) is 0.857. The van der Waals surface area contributed by atoms with Gasteiger partial charge in [-0.25, -0.2) is 8.42 Å². The first-order valence-electron chi connectivity index (χ1n) is 4.15. The van der Waals surface area contributed by atoms with Crippen LogP contribution in [0.2, 0.25) is 0 Å². The number of piperidine rings is 1. The summed E-state index contributed by atoms with van der Waals surface area (Å²) in [6.45, 7) is 1.47. The van der Waals surface area contributed by atoms with Gasteiger partial charge >= 0.3 is 0 Å². The van der Waals surface area contributed by atoms with Gasteiger partial charge in [0, 0.05) is 23.1 Å². The number of nitrogens with one attached hydrogen (secondary N) is 1. The summed E-state index contributed by atoms with van der Waals surface area (Å²) in [6.07, 6.45) is 1.68. The maximum absolute atomic E-state index is 11.3. The number of ketones is 1. The van der Waals surface area contributed by atoms with Gasteiger partial charge < -0.3 is 5.32 Å². The summed E-state index contributed by atoms with van der Waals surface area (Å²) in [5.41, 5.74) is 0. The standard InChI is InChI=1S/C7H12ClNO3S/c8-13(11,12)5-7(10)6-2-1-3-9-4-6/h6,9H,1-5H2. The van der Waals surface area contributed by atoms with Crippen LogP contribution in [0, 0.1) is 5.92 Å². The first-order valence-corrected chi connectivity index (χ1v) is 6.62. The van der Waals surface area contributed by atoms with Crippen molar-refractivity contribution in [2.24, 2.45) is 5.92 Å². The van der Waals surface area contributed by atoms with Crippen LogP contribution < -0.4 is 5.32 Å². The largest absolute Gasteiger partial charge is 0.316 e. The number of carbonyl (C=O) groups excluding carboxylic acids is 1. The van der Waals surface area contributed by atoms with Gasteiger partial charge in [0.25, 0.3) is 0 Å². The van der Waals surface area contributed by atoms with Crippen LogP contribution >= 0.6 is 10.7 Å². The van der Waals surface area contributed by atoms with Gasteiger partial charge in [-0.05, 0) is 19.4 Å². The predicted octanol–water partition coefficient (Wildman–Crippen LogP) is 0.124. The molecule has 1 aliphatic heterocycles. The summed E-state index contributed by atoms with van der Waals surface area (Å²) in [4.78, 5) is 11.3. The molecule has 1 unspecified atom stereocenters. The van der Waals surface area contributed by atoms with Crippen LogP contribution in [-0.4, -0.2) is 33.0 Å². The fourth-order valence-electron chi connectivity index (χ4n) is 1.41. The van der Waals surface area contributed by atoms with Crippen molar-refractivity contribution in [3.8, 4) is 0 Å². The minimum Gasteiger partial charge on any atom is -0.316 e.